The summed E-state index contributed by atoms with van der Waals surface area (Å²) in [5, 5.41) is 11.8. The smallest absolute Gasteiger partial charge is 0.328 e. The second-order valence-corrected chi connectivity index (χ2v) is 4.25. The number of hydrogen-bond acceptors (Lipinski definition) is 3. The number of aliphatic carboxylic acids is 1. The molecule has 0 aliphatic carbocycles. The molecule has 1 heterocycles. The molecule has 0 aliphatic heterocycles. The van der Waals surface area contributed by atoms with Crippen LogP contribution in [0.5, 0.6) is 0 Å². The highest BCUT2D eigenvalue weighted by molar-refractivity contribution is 5.85. The van der Waals surface area contributed by atoms with E-state index in [9.17, 15) is 4.79 Å². The molecule has 0 saturated heterocycles. The highest BCUT2D eigenvalue weighted by Crippen LogP contribution is 2.10. The van der Waals surface area contributed by atoms with Crippen LogP contribution in [0.15, 0.2) is 53.2 Å². The van der Waals surface area contributed by atoms with Gasteiger partial charge >= 0.3 is 5.97 Å². The van der Waals surface area contributed by atoms with Crippen molar-refractivity contribution in [1.29, 1.82) is 0 Å². The summed E-state index contributed by atoms with van der Waals surface area (Å²) in [7, 11) is 0. The van der Waals surface area contributed by atoms with Crippen LogP contribution >= 0.6 is 0 Å². The maximum absolute atomic E-state index is 10.4. The Balaban J connectivity index is 1.77. The summed E-state index contributed by atoms with van der Waals surface area (Å²) in [6.07, 6.45) is 4.98. The summed E-state index contributed by atoms with van der Waals surface area (Å²) in [5.41, 5.74) is 1.82. The zero-order valence-electron chi connectivity index (χ0n) is 11.4. The van der Waals surface area contributed by atoms with Gasteiger partial charge in [0, 0.05) is 24.7 Å². The van der Waals surface area contributed by atoms with Crippen LogP contribution in [0.4, 0.5) is 5.69 Å². The summed E-state index contributed by atoms with van der Waals surface area (Å²) < 4.78 is 5.11. The molecule has 4 nitrogen and oxygen atoms in total. The minimum atomic E-state index is -0.952. The fourth-order valence-electron chi connectivity index (χ4n) is 1.65. The lowest BCUT2D eigenvalue weighted by Gasteiger charge is -2.03. The van der Waals surface area contributed by atoms with Crippen molar-refractivity contribution in [1.82, 2.24) is 0 Å². The molecule has 21 heavy (non-hydrogen) atoms. The normalized spacial score (nSPS) is 10.1. The minimum Gasteiger partial charge on any atom is -0.478 e. The number of carboxylic acid groups (broad SMARTS) is 1. The molecule has 0 unspecified atom stereocenters. The molecule has 0 atom stereocenters. The molecule has 1 aromatic carbocycles. The van der Waals surface area contributed by atoms with Gasteiger partial charge in [0.1, 0.15) is 0 Å². The molecule has 2 rings (SSSR count). The van der Waals surface area contributed by atoms with Crippen molar-refractivity contribution in [3.05, 3.63) is 60.1 Å². The summed E-state index contributed by atoms with van der Waals surface area (Å²) in [5.74, 6) is 5.66. The van der Waals surface area contributed by atoms with E-state index in [1.54, 1.807) is 12.3 Å². The first-order chi connectivity index (χ1) is 10.2. The average Bonchev–Trinajstić information content (AvgIpc) is 2.99. The third-order valence-electron chi connectivity index (χ3n) is 2.64. The molecule has 0 amide bonds. The second kappa shape index (κ2) is 7.61. The van der Waals surface area contributed by atoms with Gasteiger partial charge in [-0.15, -0.1) is 0 Å². The van der Waals surface area contributed by atoms with E-state index >= 15 is 0 Å². The van der Waals surface area contributed by atoms with E-state index in [0.717, 1.165) is 23.9 Å². The van der Waals surface area contributed by atoms with Crippen molar-refractivity contribution in [2.75, 3.05) is 11.9 Å². The Kier molecular flexibility index (Phi) is 5.25. The fourth-order valence-corrected chi connectivity index (χ4v) is 1.65. The molecular formula is C17H15NO3. The maximum atomic E-state index is 10.4. The van der Waals surface area contributed by atoms with E-state index in [2.05, 4.69) is 17.2 Å². The fraction of sp³-hybridized carbons (Fsp3) is 0.118. The molecule has 2 N–H and O–H groups in total. The highest BCUT2D eigenvalue weighted by Gasteiger charge is 1.92. The van der Waals surface area contributed by atoms with Crippen LogP contribution in [-0.2, 0) is 4.79 Å². The SMILES string of the molecule is O=C(O)C=Cc1ccc(NCCC#Cc2ccco2)cc1. The Morgan fingerprint density at radius 2 is 2.10 bits per heavy atom. The van der Waals surface area contributed by atoms with Gasteiger partial charge in [-0.3, -0.25) is 0 Å². The molecule has 0 spiro atoms. The molecule has 4 heteroatoms. The predicted octanol–water partition coefficient (Wildman–Crippen LogP) is 3.23. The van der Waals surface area contributed by atoms with Gasteiger partial charge in [0.15, 0.2) is 5.76 Å². The molecule has 2 aromatic rings. The Morgan fingerprint density at radius 1 is 1.29 bits per heavy atom. The Labute approximate surface area is 123 Å². The lowest BCUT2D eigenvalue weighted by atomic mass is 10.2. The van der Waals surface area contributed by atoms with Crippen molar-refractivity contribution in [2.45, 2.75) is 6.42 Å². The zero-order chi connectivity index (χ0) is 14.9. The van der Waals surface area contributed by atoms with E-state index < -0.39 is 5.97 Å². The minimum absolute atomic E-state index is 0.671. The van der Waals surface area contributed by atoms with Crippen LogP contribution in [0.2, 0.25) is 0 Å². The number of furan rings is 1. The standard InChI is InChI=1S/C17H15NO3/c19-17(20)11-8-14-6-9-15(10-7-14)18-12-2-1-4-16-5-3-13-21-16/h3,5-11,13,18H,2,12H2,(H,19,20). The van der Waals surface area contributed by atoms with Crippen molar-refractivity contribution < 1.29 is 14.3 Å². The van der Waals surface area contributed by atoms with Gasteiger partial charge in [0.2, 0.25) is 0 Å². The number of hydrogen-bond donors (Lipinski definition) is 2. The van der Waals surface area contributed by atoms with E-state index in [1.165, 1.54) is 0 Å². The maximum Gasteiger partial charge on any atom is 0.328 e. The molecule has 0 saturated carbocycles. The first-order valence-corrected chi connectivity index (χ1v) is 6.51. The number of carbonyl (C=O) groups is 1. The Morgan fingerprint density at radius 3 is 2.76 bits per heavy atom. The van der Waals surface area contributed by atoms with Gasteiger partial charge in [-0.25, -0.2) is 4.79 Å². The molecule has 0 radical (unpaired) electrons. The third-order valence-corrected chi connectivity index (χ3v) is 2.64. The summed E-state index contributed by atoms with van der Waals surface area (Å²) >= 11 is 0. The second-order valence-electron chi connectivity index (χ2n) is 4.25. The van der Waals surface area contributed by atoms with Gasteiger partial charge in [-0.1, -0.05) is 18.1 Å². The molecule has 0 fully saturated rings. The van der Waals surface area contributed by atoms with E-state index in [-0.39, 0.29) is 0 Å². The third kappa shape index (κ3) is 5.29. The summed E-state index contributed by atoms with van der Waals surface area (Å²) in [4.78, 5) is 10.4. The van der Waals surface area contributed by atoms with Crippen LogP contribution in [0.3, 0.4) is 0 Å². The zero-order valence-corrected chi connectivity index (χ0v) is 11.4. The molecule has 106 valence electrons. The van der Waals surface area contributed by atoms with Crippen LogP contribution in [-0.4, -0.2) is 17.6 Å². The number of carboxylic acids is 1. The van der Waals surface area contributed by atoms with Crippen LogP contribution in [0.25, 0.3) is 6.08 Å². The van der Waals surface area contributed by atoms with E-state index in [0.29, 0.717) is 12.2 Å². The number of nitrogens with one attached hydrogen (secondary N) is 1. The first-order valence-electron chi connectivity index (χ1n) is 6.51. The average molecular weight is 281 g/mol. The molecular weight excluding hydrogens is 266 g/mol. The van der Waals surface area contributed by atoms with Gasteiger partial charge < -0.3 is 14.8 Å². The van der Waals surface area contributed by atoms with Gasteiger partial charge in [-0.05, 0) is 41.8 Å². The number of anilines is 1. The quantitative estimate of drug-likeness (QED) is 0.502. The van der Waals surface area contributed by atoms with Gasteiger partial charge in [0.05, 0.1) is 6.26 Å². The highest BCUT2D eigenvalue weighted by atomic mass is 16.4. The Hall–Kier alpha value is -2.93. The lowest BCUT2D eigenvalue weighted by molar-refractivity contribution is -0.131. The van der Waals surface area contributed by atoms with Crippen molar-refractivity contribution in [3.8, 4) is 11.8 Å². The molecule has 0 bridgehead atoms. The lowest BCUT2D eigenvalue weighted by Crippen LogP contribution is -1.99. The summed E-state index contributed by atoms with van der Waals surface area (Å²) in [6, 6.07) is 11.2. The van der Waals surface area contributed by atoms with Crippen LogP contribution in [0, 0.1) is 11.8 Å². The monoisotopic (exact) mass is 281 g/mol. The van der Waals surface area contributed by atoms with Crippen LogP contribution < -0.4 is 5.32 Å². The van der Waals surface area contributed by atoms with Gasteiger partial charge in [0.25, 0.3) is 0 Å². The Bertz CT molecular complexity index is 658. The predicted molar refractivity (Wildman–Crippen MR) is 81.8 cm³/mol. The van der Waals surface area contributed by atoms with Crippen LogP contribution in [0.1, 0.15) is 17.7 Å². The summed E-state index contributed by atoms with van der Waals surface area (Å²) in [6.45, 7) is 0.734. The molecule has 1 aromatic heterocycles. The van der Waals surface area contributed by atoms with E-state index in [1.807, 2.05) is 36.4 Å². The van der Waals surface area contributed by atoms with Gasteiger partial charge in [-0.2, -0.15) is 0 Å². The molecule has 0 aliphatic rings. The van der Waals surface area contributed by atoms with Crippen molar-refractivity contribution in [2.24, 2.45) is 0 Å². The van der Waals surface area contributed by atoms with E-state index in [4.69, 9.17) is 9.52 Å². The topological polar surface area (TPSA) is 62.5 Å². The van der Waals surface area contributed by atoms with Crippen molar-refractivity contribution in [3.63, 3.8) is 0 Å². The number of rotatable bonds is 5. The number of benzene rings is 1. The van der Waals surface area contributed by atoms with Crippen molar-refractivity contribution >= 4 is 17.7 Å². The largest absolute Gasteiger partial charge is 0.478 e. The first kappa shape index (κ1) is 14.5.